The zero-order valence-corrected chi connectivity index (χ0v) is 7.58. The molecule has 0 aliphatic heterocycles. The second kappa shape index (κ2) is 2.96. The highest BCUT2D eigenvalue weighted by Crippen LogP contribution is 2.31. The molecule has 0 heterocycles. The van der Waals surface area contributed by atoms with Crippen LogP contribution in [0, 0.1) is 0 Å². The molecule has 0 spiro atoms. The molecule has 2 rings (SSSR count). The number of aryl methyl sites for hydroxylation is 1. The summed E-state index contributed by atoms with van der Waals surface area (Å²) in [6, 6.07) is 5.55. The summed E-state index contributed by atoms with van der Waals surface area (Å²) in [4.78, 5) is 11.1. The summed E-state index contributed by atoms with van der Waals surface area (Å²) in [5, 5.41) is 9.53. The molecule has 0 aromatic heterocycles. The van der Waals surface area contributed by atoms with E-state index in [1.165, 1.54) is 0 Å². The molecule has 1 aromatic carbocycles. The van der Waals surface area contributed by atoms with Crippen LogP contribution in [0.3, 0.4) is 0 Å². The number of ketones is 1. The number of benzene rings is 1. The van der Waals surface area contributed by atoms with E-state index in [0.29, 0.717) is 0 Å². The first-order chi connectivity index (χ1) is 6.18. The fourth-order valence-corrected chi connectivity index (χ4v) is 1.81. The Kier molecular flexibility index (Phi) is 1.93. The lowest BCUT2D eigenvalue weighted by Gasteiger charge is -2.04. The van der Waals surface area contributed by atoms with Crippen molar-refractivity contribution >= 4 is 5.78 Å². The lowest BCUT2D eigenvalue weighted by atomic mass is 10.0. The Morgan fingerprint density at radius 1 is 1.54 bits per heavy atom. The molecule has 1 unspecified atom stereocenters. The first-order valence-corrected chi connectivity index (χ1v) is 4.50. The van der Waals surface area contributed by atoms with Crippen LogP contribution in [0.4, 0.5) is 0 Å². The average Bonchev–Trinajstić information content (AvgIpc) is 2.47. The minimum atomic E-state index is -0.323. The van der Waals surface area contributed by atoms with E-state index < -0.39 is 0 Å². The van der Waals surface area contributed by atoms with E-state index in [1.807, 2.05) is 12.1 Å². The highest BCUT2D eigenvalue weighted by atomic mass is 16.3. The zero-order chi connectivity index (χ0) is 9.42. The maximum Gasteiger partial charge on any atom is 0.159 e. The highest BCUT2D eigenvalue weighted by molar-refractivity contribution is 5.94. The Hall–Kier alpha value is -1.15. The van der Waals surface area contributed by atoms with Gasteiger partial charge in [0.05, 0.1) is 6.10 Å². The molecular weight excluding hydrogens is 164 g/mol. The van der Waals surface area contributed by atoms with Crippen molar-refractivity contribution in [3.63, 3.8) is 0 Å². The summed E-state index contributed by atoms with van der Waals surface area (Å²) in [5.74, 6) is 0.0872. The molecular formula is C11H12O2. The summed E-state index contributed by atoms with van der Waals surface area (Å²) in [6.45, 7) is 1.56. The largest absolute Gasteiger partial charge is 0.388 e. The van der Waals surface area contributed by atoms with Gasteiger partial charge < -0.3 is 5.11 Å². The number of aliphatic hydroxyl groups excluding tert-OH is 1. The minimum absolute atomic E-state index is 0.0872. The standard InChI is InChI=1S/C11H12O2/c1-7(12)8-2-4-10-9(6-8)3-5-11(10)13/h2,4,6,11,13H,3,5H2,1H3. The van der Waals surface area contributed by atoms with E-state index >= 15 is 0 Å². The van der Waals surface area contributed by atoms with Crippen molar-refractivity contribution in [2.45, 2.75) is 25.9 Å². The van der Waals surface area contributed by atoms with Crippen molar-refractivity contribution in [2.75, 3.05) is 0 Å². The van der Waals surface area contributed by atoms with Crippen molar-refractivity contribution in [1.82, 2.24) is 0 Å². The van der Waals surface area contributed by atoms with E-state index in [-0.39, 0.29) is 11.9 Å². The number of rotatable bonds is 1. The Labute approximate surface area is 77.2 Å². The topological polar surface area (TPSA) is 37.3 Å². The minimum Gasteiger partial charge on any atom is -0.388 e. The van der Waals surface area contributed by atoms with Crippen LogP contribution in [0.15, 0.2) is 18.2 Å². The van der Waals surface area contributed by atoms with Gasteiger partial charge in [-0.15, -0.1) is 0 Å². The molecule has 0 saturated heterocycles. The SMILES string of the molecule is CC(=O)c1ccc2c(c1)CCC2O. The van der Waals surface area contributed by atoms with Crippen LogP contribution in [-0.2, 0) is 6.42 Å². The van der Waals surface area contributed by atoms with E-state index in [1.54, 1.807) is 13.0 Å². The Balaban J connectivity index is 2.45. The van der Waals surface area contributed by atoms with Crippen molar-refractivity contribution in [1.29, 1.82) is 0 Å². The molecule has 1 atom stereocenters. The third kappa shape index (κ3) is 1.38. The predicted molar refractivity (Wildman–Crippen MR) is 49.7 cm³/mol. The fraction of sp³-hybridized carbons (Fsp3) is 0.364. The molecule has 1 N–H and O–H groups in total. The van der Waals surface area contributed by atoms with Gasteiger partial charge in [-0.25, -0.2) is 0 Å². The van der Waals surface area contributed by atoms with Gasteiger partial charge in [0.1, 0.15) is 0 Å². The average molecular weight is 176 g/mol. The first-order valence-electron chi connectivity index (χ1n) is 4.50. The first kappa shape index (κ1) is 8.45. The number of carbonyl (C=O) groups excluding carboxylic acids is 1. The molecule has 0 amide bonds. The highest BCUT2D eigenvalue weighted by Gasteiger charge is 2.20. The molecule has 0 radical (unpaired) electrons. The maximum absolute atomic E-state index is 11.1. The third-order valence-electron chi connectivity index (χ3n) is 2.60. The van der Waals surface area contributed by atoms with Crippen molar-refractivity contribution in [3.8, 4) is 0 Å². The molecule has 2 heteroatoms. The second-order valence-electron chi connectivity index (χ2n) is 3.52. The van der Waals surface area contributed by atoms with Crippen LogP contribution in [0.25, 0.3) is 0 Å². The number of aliphatic hydroxyl groups is 1. The van der Waals surface area contributed by atoms with Crippen LogP contribution < -0.4 is 0 Å². The molecule has 2 nitrogen and oxygen atoms in total. The van der Waals surface area contributed by atoms with E-state index in [2.05, 4.69) is 0 Å². The Morgan fingerprint density at radius 2 is 2.31 bits per heavy atom. The number of Topliss-reactive ketones (excluding diaryl/α,β-unsaturated/α-hetero) is 1. The van der Waals surface area contributed by atoms with Crippen molar-refractivity contribution in [2.24, 2.45) is 0 Å². The summed E-state index contributed by atoms with van der Waals surface area (Å²) < 4.78 is 0. The van der Waals surface area contributed by atoms with Gasteiger partial charge in [-0.1, -0.05) is 12.1 Å². The smallest absolute Gasteiger partial charge is 0.159 e. The summed E-state index contributed by atoms with van der Waals surface area (Å²) in [7, 11) is 0. The van der Waals surface area contributed by atoms with E-state index in [0.717, 1.165) is 29.5 Å². The van der Waals surface area contributed by atoms with Gasteiger partial charge in [0.15, 0.2) is 5.78 Å². The molecule has 13 heavy (non-hydrogen) atoms. The zero-order valence-electron chi connectivity index (χ0n) is 7.58. The van der Waals surface area contributed by atoms with Crippen LogP contribution in [-0.4, -0.2) is 10.9 Å². The van der Waals surface area contributed by atoms with Gasteiger partial charge in [-0.05, 0) is 37.0 Å². The molecule has 0 bridgehead atoms. The fourth-order valence-electron chi connectivity index (χ4n) is 1.81. The summed E-state index contributed by atoms with van der Waals surface area (Å²) >= 11 is 0. The van der Waals surface area contributed by atoms with Crippen LogP contribution in [0.1, 0.15) is 40.9 Å². The lowest BCUT2D eigenvalue weighted by molar-refractivity contribution is 0.101. The number of fused-ring (bicyclic) bond motifs is 1. The second-order valence-corrected chi connectivity index (χ2v) is 3.52. The lowest BCUT2D eigenvalue weighted by Crippen LogP contribution is -1.95. The van der Waals surface area contributed by atoms with E-state index in [9.17, 15) is 9.90 Å². The van der Waals surface area contributed by atoms with Gasteiger partial charge in [-0.2, -0.15) is 0 Å². The monoisotopic (exact) mass is 176 g/mol. The molecule has 1 aliphatic carbocycles. The quantitative estimate of drug-likeness (QED) is 0.663. The van der Waals surface area contributed by atoms with Crippen molar-refractivity contribution < 1.29 is 9.90 Å². The van der Waals surface area contributed by atoms with Crippen LogP contribution in [0.5, 0.6) is 0 Å². The Bertz CT molecular complexity index is 355. The van der Waals surface area contributed by atoms with Crippen LogP contribution >= 0.6 is 0 Å². The van der Waals surface area contributed by atoms with Gasteiger partial charge >= 0.3 is 0 Å². The summed E-state index contributed by atoms with van der Waals surface area (Å²) in [5.41, 5.74) is 2.86. The molecule has 0 saturated carbocycles. The molecule has 1 aromatic rings. The van der Waals surface area contributed by atoms with Gasteiger partial charge in [0, 0.05) is 5.56 Å². The molecule has 68 valence electrons. The maximum atomic E-state index is 11.1. The van der Waals surface area contributed by atoms with Gasteiger partial charge in [0.25, 0.3) is 0 Å². The molecule has 1 aliphatic rings. The number of carbonyl (C=O) groups is 1. The predicted octanol–water partition coefficient (Wildman–Crippen LogP) is 1.87. The number of hydrogen-bond acceptors (Lipinski definition) is 2. The number of hydrogen-bond donors (Lipinski definition) is 1. The van der Waals surface area contributed by atoms with Gasteiger partial charge in [-0.3, -0.25) is 4.79 Å². The third-order valence-corrected chi connectivity index (χ3v) is 2.60. The van der Waals surface area contributed by atoms with E-state index in [4.69, 9.17) is 0 Å². The molecule has 0 fully saturated rings. The normalized spacial score (nSPS) is 20.0. The Morgan fingerprint density at radius 3 is 3.00 bits per heavy atom. The van der Waals surface area contributed by atoms with Gasteiger partial charge in [0.2, 0.25) is 0 Å². The van der Waals surface area contributed by atoms with Crippen LogP contribution in [0.2, 0.25) is 0 Å². The van der Waals surface area contributed by atoms with Crippen molar-refractivity contribution in [3.05, 3.63) is 34.9 Å². The summed E-state index contributed by atoms with van der Waals surface area (Å²) in [6.07, 6.45) is 1.35.